The zero-order chi connectivity index (χ0) is 12.1. The molecule has 0 aromatic carbocycles. The fourth-order valence-electron chi connectivity index (χ4n) is 1.37. The Bertz CT molecular complexity index is 528. The van der Waals surface area contributed by atoms with Gasteiger partial charge >= 0.3 is 0 Å². The highest BCUT2D eigenvalue weighted by molar-refractivity contribution is 7.99. The molecule has 2 rings (SSSR count). The van der Waals surface area contributed by atoms with Crippen LogP contribution in [0.5, 0.6) is 0 Å². The zero-order valence-electron chi connectivity index (χ0n) is 9.04. The van der Waals surface area contributed by atoms with Crippen molar-refractivity contribution in [3.05, 3.63) is 52.7 Å². The van der Waals surface area contributed by atoms with Crippen LogP contribution >= 0.6 is 11.8 Å². The van der Waals surface area contributed by atoms with Crippen LogP contribution in [0.3, 0.4) is 0 Å². The molecule has 0 radical (unpaired) electrons. The van der Waals surface area contributed by atoms with Crippen LogP contribution in [-0.2, 0) is 0 Å². The van der Waals surface area contributed by atoms with Gasteiger partial charge in [-0.15, -0.1) is 0 Å². The maximum Gasteiger partial charge on any atom is 0.251 e. The predicted molar refractivity (Wildman–Crippen MR) is 66.7 cm³/mol. The van der Waals surface area contributed by atoms with Crippen molar-refractivity contribution in [2.24, 2.45) is 5.73 Å². The number of aromatic amines is 1. The van der Waals surface area contributed by atoms with Crippen LogP contribution in [0, 0.1) is 0 Å². The lowest BCUT2D eigenvalue weighted by molar-refractivity contribution is 0.893. The summed E-state index contributed by atoms with van der Waals surface area (Å²) in [7, 11) is 0. The Labute approximate surface area is 103 Å². The number of H-pyrrole nitrogens is 1. The predicted octanol–water partition coefficient (Wildman–Crippen LogP) is 0.957. The fraction of sp³-hybridized carbons (Fsp3) is 0.182. The first kappa shape index (κ1) is 11.8. The summed E-state index contributed by atoms with van der Waals surface area (Å²) < 4.78 is 0. The van der Waals surface area contributed by atoms with Gasteiger partial charge in [-0.2, -0.15) is 0 Å². The van der Waals surface area contributed by atoms with Gasteiger partial charge in [-0.3, -0.25) is 9.78 Å². The number of hydrogen-bond acceptors (Lipinski definition) is 5. The summed E-state index contributed by atoms with van der Waals surface area (Å²) >= 11 is 1.42. The van der Waals surface area contributed by atoms with Gasteiger partial charge in [0.05, 0.1) is 5.25 Å². The first-order valence-corrected chi connectivity index (χ1v) is 5.99. The molecule has 0 aliphatic carbocycles. The molecule has 0 amide bonds. The average molecular weight is 248 g/mol. The van der Waals surface area contributed by atoms with E-state index in [2.05, 4.69) is 15.0 Å². The molecule has 0 fully saturated rings. The second-order valence-corrected chi connectivity index (χ2v) is 4.56. The second kappa shape index (κ2) is 5.60. The number of pyridine rings is 1. The highest BCUT2D eigenvalue weighted by Crippen LogP contribution is 2.30. The first-order chi connectivity index (χ1) is 8.29. The van der Waals surface area contributed by atoms with Crippen molar-refractivity contribution in [1.29, 1.82) is 0 Å². The third-order valence-electron chi connectivity index (χ3n) is 2.17. The van der Waals surface area contributed by atoms with Crippen molar-refractivity contribution in [1.82, 2.24) is 15.0 Å². The molecule has 0 aliphatic rings. The van der Waals surface area contributed by atoms with Gasteiger partial charge in [0.25, 0.3) is 5.56 Å². The lowest BCUT2D eigenvalue weighted by Gasteiger charge is -2.12. The summed E-state index contributed by atoms with van der Waals surface area (Å²) in [5.74, 6) is 0. The Morgan fingerprint density at radius 1 is 1.41 bits per heavy atom. The summed E-state index contributed by atoms with van der Waals surface area (Å²) in [6.07, 6.45) is 4.97. The van der Waals surface area contributed by atoms with Gasteiger partial charge in [0.1, 0.15) is 0 Å². The lowest BCUT2D eigenvalue weighted by Crippen LogP contribution is -2.12. The minimum absolute atomic E-state index is 0.0363. The van der Waals surface area contributed by atoms with Crippen molar-refractivity contribution < 1.29 is 0 Å². The number of thioether (sulfide) groups is 1. The molecule has 0 saturated carbocycles. The van der Waals surface area contributed by atoms with Crippen molar-refractivity contribution >= 4 is 11.8 Å². The normalized spacial score (nSPS) is 12.3. The van der Waals surface area contributed by atoms with Gasteiger partial charge < -0.3 is 10.7 Å². The summed E-state index contributed by atoms with van der Waals surface area (Å²) in [5.41, 5.74) is 6.58. The highest BCUT2D eigenvalue weighted by atomic mass is 32.2. The van der Waals surface area contributed by atoms with E-state index in [9.17, 15) is 4.79 Å². The highest BCUT2D eigenvalue weighted by Gasteiger charge is 2.12. The van der Waals surface area contributed by atoms with Crippen molar-refractivity contribution in [2.75, 3.05) is 6.54 Å². The quantitative estimate of drug-likeness (QED) is 0.622. The Kier molecular flexibility index (Phi) is 3.89. The van der Waals surface area contributed by atoms with Crippen LogP contribution in [0.2, 0.25) is 0 Å². The minimum atomic E-state index is -0.163. The van der Waals surface area contributed by atoms with Crippen LogP contribution in [0.4, 0.5) is 0 Å². The van der Waals surface area contributed by atoms with Gasteiger partial charge in [-0.05, 0) is 11.6 Å². The average Bonchev–Trinajstić information content (AvgIpc) is 2.37. The van der Waals surface area contributed by atoms with Crippen LogP contribution in [-0.4, -0.2) is 21.5 Å². The number of aromatic nitrogens is 3. The number of rotatable bonds is 4. The molecule has 0 aliphatic heterocycles. The Hall–Kier alpha value is -1.66. The molecule has 6 heteroatoms. The van der Waals surface area contributed by atoms with E-state index in [1.807, 2.05) is 12.1 Å². The van der Waals surface area contributed by atoms with E-state index in [1.165, 1.54) is 24.0 Å². The SMILES string of the molecule is NCC(Sc1nccc(=O)[nH]1)c1cccnc1. The van der Waals surface area contributed by atoms with E-state index in [4.69, 9.17) is 5.73 Å². The summed E-state index contributed by atoms with van der Waals surface area (Å²) in [6.45, 7) is 0.453. The molecule has 1 unspecified atom stereocenters. The zero-order valence-corrected chi connectivity index (χ0v) is 9.85. The van der Waals surface area contributed by atoms with E-state index in [0.29, 0.717) is 11.7 Å². The smallest absolute Gasteiger partial charge is 0.251 e. The standard InChI is InChI=1S/C11H12N4OS/c12-6-9(8-2-1-4-13-7-8)17-11-14-5-3-10(16)15-11/h1-5,7,9H,6,12H2,(H,14,15,16). The van der Waals surface area contributed by atoms with Crippen LogP contribution in [0.1, 0.15) is 10.8 Å². The van der Waals surface area contributed by atoms with Crippen molar-refractivity contribution in [3.63, 3.8) is 0 Å². The minimum Gasteiger partial charge on any atom is -0.329 e. The molecular formula is C11H12N4OS. The van der Waals surface area contributed by atoms with Crippen LogP contribution < -0.4 is 11.3 Å². The van der Waals surface area contributed by atoms with Gasteiger partial charge in [0, 0.05) is 31.2 Å². The van der Waals surface area contributed by atoms with E-state index in [1.54, 1.807) is 12.4 Å². The third-order valence-corrected chi connectivity index (χ3v) is 3.35. The maximum absolute atomic E-state index is 11.1. The van der Waals surface area contributed by atoms with Crippen LogP contribution in [0.25, 0.3) is 0 Å². The summed E-state index contributed by atoms with van der Waals surface area (Å²) in [6, 6.07) is 5.20. The van der Waals surface area contributed by atoms with E-state index < -0.39 is 0 Å². The van der Waals surface area contributed by atoms with E-state index in [0.717, 1.165) is 5.56 Å². The topological polar surface area (TPSA) is 84.7 Å². The molecule has 2 aromatic heterocycles. The molecule has 5 nitrogen and oxygen atoms in total. The molecule has 3 N–H and O–H groups in total. The fourth-order valence-corrected chi connectivity index (χ4v) is 2.29. The molecule has 88 valence electrons. The van der Waals surface area contributed by atoms with Crippen molar-refractivity contribution in [2.45, 2.75) is 10.4 Å². The number of nitrogens with zero attached hydrogens (tertiary/aromatic N) is 2. The van der Waals surface area contributed by atoms with Crippen LogP contribution in [0.15, 0.2) is 46.7 Å². The molecule has 2 aromatic rings. The Morgan fingerprint density at radius 3 is 2.94 bits per heavy atom. The van der Waals surface area contributed by atoms with Crippen molar-refractivity contribution in [3.8, 4) is 0 Å². The third kappa shape index (κ3) is 3.15. The first-order valence-electron chi connectivity index (χ1n) is 5.11. The van der Waals surface area contributed by atoms with Gasteiger partial charge in [0.2, 0.25) is 0 Å². The molecule has 1 atom stereocenters. The summed E-state index contributed by atoms with van der Waals surface area (Å²) in [5, 5.41) is 0.603. The largest absolute Gasteiger partial charge is 0.329 e. The Balaban J connectivity index is 2.19. The van der Waals surface area contributed by atoms with Gasteiger partial charge in [-0.1, -0.05) is 17.8 Å². The monoisotopic (exact) mass is 248 g/mol. The molecule has 17 heavy (non-hydrogen) atoms. The van der Waals surface area contributed by atoms with E-state index in [-0.39, 0.29) is 10.8 Å². The Morgan fingerprint density at radius 2 is 2.29 bits per heavy atom. The van der Waals surface area contributed by atoms with Gasteiger partial charge in [0.15, 0.2) is 5.16 Å². The molecule has 0 bridgehead atoms. The number of nitrogens with two attached hydrogens (primary N) is 1. The summed E-state index contributed by atoms with van der Waals surface area (Å²) in [4.78, 5) is 21.9. The maximum atomic E-state index is 11.1. The molecule has 0 spiro atoms. The molecule has 2 heterocycles. The molecular weight excluding hydrogens is 236 g/mol. The van der Waals surface area contributed by atoms with Gasteiger partial charge in [-0.25, -0.2) is 4.98 Å². The number of hydrogen-bond donors (Lipinski definition) is 2. The van der Waals surface area contributed by atoms with E-state index >= 15 is 0 Å². The second-order valence-electron chi connectivity index (χ2n) is 3.37. The number of nitrogens with one attached hydrogen (secondary N) is 1. The lowest BCUT2D eigenvalue weighted by atomic mass is 10.2. The molecule has 0 saturated heterocycles.